The second kappa shape index (κ2) is 8.27. The van der Waals surface area contributed by atoms with Crippen LogP contribution in [0.25, 0.3) is 0 Å². The van der Waals surface area contributed by atoms with Gasteiger partial charge in [0.15, 0.2) is 0 Å². The third-order valence-electron chi connectivity index (χ3n) is 3.69. The predicted octanol–water partition coefficient (Wildman–Crippen LogP) is 3.36. The largest absolute Gasteiger partial charge is 0.370 e. The third-order valence-corrected chi connectivity index (χ3v) is 3.69. The number of nitrogens with one attached hydrogen (secondary N) is 1. The monoisotopic (exact) mass is 315 g/mol. The van der Waals surface area contributed by atoms with Crippen molar-refractivity contribution < 1.29 is 9.18 Å². The van der Waals surface area contributed by atoms with Gasteiger partial charge < -0.3 is 10.2 Å². The van der Waals surface area contributed by atoms with Gasteiger partial charge in [-0.1, -0.05) is 12.1 Å². The molecule has 1 amide bonds. The molecule has 0 aliphatic rings. The van der Waals surface area contributed by atoms with Gasteiger partial charge in [0, 0.05) is 25.8 Å². The molecule has 122 valence electrons. The van der Waals surface area contributed by atoms with Crippen LogP contribution >= 0.6 is 0 Å². The molecular formula is C18H22FN3O. The highest BCUT2D eigenvalue weighted by atomic mass is 19.1. The number of carbonyl (C=O) groups excluding carboxylic acids is 1. The van der Waals surface area contributed by atoms with E-state index in [1.807, 2.05) is 13.8 Å². The first-order valence-corrected chi connectivity index (χ1v) is 7.87. The molecule has 0 saturated heterocycles. The number of halogens is 1. The van der Waals surface area contributed by atoms with E-state index in [-0.39, 0.29) is 11.7 Å². The molecule has 2 rings (SSSR count). The third kappa shape index (κ3) is 4.77. The Hall–Kier alpha value is -2.43. The molecule has 1 aromatic heterocycles. The SMILES string of the molecule is CCN(CC)C(=O)c1ccc(NCCc2ccc(F)cc2)nc1. The van der Waals surface area contributed by atoms with Gasteiger partial charge in [-0.25, -0.2) is 9.37 Å². The Bertz CT molecular complexity index is 622. The van der Waals surface area contributed by atoms with Gasteiger partial charge in [0.2, 0.25) is 0 Å². The van der Waals surface area contributed by atoms with Gasteiger partial charge in [0.05, 0.1) is 5.56 Å². The van der Waals surface area contributed by atoms with Crippen LogP contribution in [0.3, 0.4) is 0 Å². The van der Waals surface area contributed by atoms with Crippen LogP contribution in [0.5, 0.6) is 0 Å². The van der Waals surface area contributed by atoms with E-state index in [0.29, 0.717) is 25.2 Å². The van der Waals surface area contributed by atoms with E-state index in [0.717, 1.165) is 17.8 Å². The van der Waals surface area contributed by atoms with E-state index in [2.05, 4.69) is 10.3 Å². The second-order valence-corrected chi connectivity index (χ2v) is 5.21. The van der Waals surface area contributed by atoms with Gasteiger partial charge in [0.1, 0.15) is 11.6 Å². The van der Waals surface area contributed by atoms with Crippen LogP contribution in [0.1, 0.15) is 29.8 Å². The molecule has 1 heterocycles. The van der Waals surface area contributed by atoms with Crippen LogP contribution in [-0.2, 0) is 6.42 Å². The summed E-state index contributed by atoms with van der Waals surface area (Å²) < 4.78 is 12.8. The van der Waals surface area contributed by atoms with Crippen molar-refractivity contribution in [2.75, 3.05) is 25.0 Å². The molecule has 0 bridgehead atoms. The average Bonchev–Trinajstić information content (AvgIpc) is 2.58. The number of benzene rings is 1. The zero-order valence-corrected chi connectivity index (χ0v) is 13.6. The minimum atomic E-state index is -0.225. The normalized spacial score (nSPS) is 10.4. The van der Waals surface area contributed by atoms with Crippen LogP contribution in [0.4, 0.5) is 10.2 Å². The number of rotatable bonds is 7. The number of anilines is 1. The highest BCUT2D eigenvalue weighted by Crippen LogP contribution is 2.09. The van der Waals surface area contributed by atoms with Crippen LogP contribution in [0.2, 0.25) is 0 Å². The summed E-state index contributed by atoms with van der Waals surface area (Å²) in [6, 6.07) is 10.1. The topological polar surface area (TPSA) is 45.2 Å². The van der Waals surface area contributed by atoms with E-state index in [1.54, 1.807) is 35.4 Å². The quantitative estimate of drug-likeness (QED) is 0.852. The van der Waals surface area contributed by atoms with E-state index in [4.69, 9.17) is 0 Å². The highest BCUT2D eigenvalue weighted by Gasteiger charge is 2.12. The Morgan fingerprint density at radius 1 is 1.13 bits per heavy atom. The number of pyridine rings is 1. The Kier molecular flexibility index (Phi) is 6.09. The van der Waals surface area contributed by atoms with Crippen LogP contribution in [-0.4, -0.2) is 35.4 Å². The molecule has 4 nitrogen and oxygen atoms in total. The van der Waals surface area contributed by atoms with Gasteiger partial charge >= 0.3 is 0 Å². The molecule has 0 saturated carbocycles. The molecule has 2 aromatic rings. The molecule has 0 radical (unpaired) electrons. The van der Waals surface area contributed by atoms with Crippen molar-refractivity contribution in [1.82, 2.24) is 9.88 Å². The molecule has 5 heteroatoms. The van der Waals surface area contributed by atoms with Gasteiger partial charge in [0.25, 0.3) is 5.91 Å². The Morgan fingerprint density at radius 2 is 1.83 bits per heavy atom. The standard InChI is InChI=1S/C18H22FN3O/c1-3-22(4-2)18(23)15-7-10-17(21-13-15)20-12-11-14-5-8-16(19)9-6-14/h5-10,13H,3-4,11-12H2,1-2H3,(H,20,21). The number of carbonyl (C=O) groups is 1. The van der Waals surface area contributed by atoms with Gasteiger partial charge in [-0.05, 0) is 50.1 Å². The Morgan fingerprint density at radius 3 is 2.39 bits per heavy atom. The number of amides is 1. The summed E-state index contributed by atoms with van der Waals surface area (Å²) in [5.41, 5.74) is 1.66. The fourth-order valence-electron chi connectivity index (χ4n) is 2.30. The first-order valence-electron chi connectivity index (χ1n) is 7.87. The first kappa shape index (κ1) is 16.9. The second-order valence-electron chi connectivity index (χ2n) is 5.21. The molecule has 0 aliphatic heterocycles. The molecule has 1 aromatic carbocycles. The molecule has 0 atom stereocenters. The van der Waals surface area contributed by atoms with E-state index in [1.165, 1.54) is 12.1 Å². The van der Waals surface area contributed by atoms with Gasteiger partial charge in [-0.3, -0.25) is 4.79 Å². The summed E-state index contributed by atoms with van der Waals surface area (Å²) in [6.45, 7) is 5.99. The maximum absolute atomic E-state index is 12.8. The number of hydrogen-bond donors (Lipinski definition) is 1. The molecular weight excluding hydrogens is 293 g/mol. The molecule has 0 spiro atoms. The van der Waals surface area contributed by atoms with Crippen molar-refractivity contribution in [1.29, 1.82) is 0 Å². The lowest BCUT2D eigenvalue weighted by atomic mass is 10.1. The van der Waals surface area contributed by atoms with Gasteiger partial charge in [-0.15, -0.1) is 0 Å². The molecule has 1 N–H and O–H groups in total. The highest BCUT2D eigenvalue weighted by molar-refractivity contribution is 5.94. The molecule has 0 fully saturated rings. The maximum Gasteiger partial charge on any atom is 0.255 e. The summed E-state index contributed by atoms with van der Waals surface area (Å²) in [4.78, 5) is 18.2. The first-order chi connectivity index (χ1) is 11.1. The van der Waals surface area contributed by atoms with Gasteiger partial charge in [-0.2, -0.15) is 0 Å². The van der Waals surface area contributed by atoms with Crippen molar-refractivity contribution in [3.8, 4) is 0 Å². The van der Waals surface area contributed by atoms with Crippen LogP contribution in [0, 0.1) is 5.82 Å². The molecule has 0 aliphatic carbocycles. The van der Waals surface area contributed by atoms with Crippen molar-refractivity contribution in [3.05, 3.63) is 59.5 Å². The van der Waals surface area contributed by atoms with E-state index in [9.17, 15) is 9.18 Å². The Labute approximate surface area is 136 Å². The molecule has 0 unspecified atom stereocenters. The van der Waals surface area contributed by atoms with Crippen molar-refractivity contribution >= 4 is 11.7 Å². The Balaban J connectivity index is 1.87. The van der Waals surface area contributed by atoms with Crippen molar-refractivity contribution in [2.24, 2.45) is 0 Å². The minimum absolute atomic E-state index is 0.000335. The average molecular weight is 315 g/mol. The molecule has 23 heavy (non-hydrogen) atoms. The minimum Gasteiger partial charge on any atom is -0.370 e. The van der Waals surface area contributed by atoms with E-state index < -0.39 is 0 Å². The summed E-state index contributed by atoms with van der Waals surface area (Å²) >= 11 is 0. The number of nitrogens with zero attached hydrogens (tertiary/aromatic N) is 2. The fraction of sp³-hybridized carbons (Fsp3) is 0.333. The van der Waals surface area contributed by atoms with Crippen molar-refractivity contribution in [2.45, 2.75) is 20.3 Å². The predicted molar refractivity (Wildman–Crippen MR) is 90.1 cm³/mol. The lowest BCUT2D eigenvalue weighted by Gasteiger charge is -2.18. The van der Waals surface area contributed by atoms with Crippen LogP contribution in [0.15, 0.2) is 42.6 Å². The zero-order chi connectivity index (χ0) is 16.7. The zero-order valence-electron chi connectivity index (χ0n) is 13.6. The van der Waals surface area contributed by atoms with Crippen molar-refractivity contribution in [3.63, 3.8) is 0 Å². The smallest absolute Gasteiger partial charge is 0.255 e. The van der Waals surface area contributed by atoms with E-state index >= 15 is 0 Å². The summed E-state index contributed by atoms with van der Waals surface area (Å²) in [5.74, 6) is 0.500. The summed E-state index contributed by atoms with van der Waals surface area (Å²) in [6.07, 6.45) is 2.38. The lowest BCUT2D eigenvalue weighted by molar-refractivity contribution is 0.0772. The van der Waals surface area contributed by atoms with Crippen LogP contribution < -0.4 is 5.32 Å². The summed E-state index contributed by atoms with van der Waals surface area (Å²) in [5, 5.41) is 3.20. The number of hydrogen-bond acceptors (Lipinski definition) is 3. The summed E-state index contributed by atoms with van der Waals surface area (Å²) in [7, 11) is 0. The lowest BCUT2D eigenvalue weighted by Crippen LogP contribution is -2.30. The number of aromatic nitrogens is 1. The maximum atomic E-state index is 12.8. The fourth-order valence-corrected chi connectivity index (χ4v) is 2.30.